The maximum absolute atomic E-state index is 10.9. The van der Waals surface area contributed by atoms with Crippen molar-refractivity contribution in [3.63, 3.8) is 0 Å². The number of rotatable bonds is 3. The molecule has 0 saturated carbocycles. The molecule has 0 atom stereocenters. The molecule has 0 aromatic carbocycles. The topological polar surface area (TPSA) is 159 Å². The standard InChI is InChI=1S/C8H11AsNO5.C5H7N3.C2H6/c1-5(11)10-6-2-3-7(8(12)4-6)9(13,14)15;6-4-5-7-2-1-3-8-5;1-2/h2,4,12H,3H2,1H3,(H,10,11)(H2,13,14,15);1-3H,4,6H2;1-2H3. The molecule has 1 aromatic heterocycles. The molecule has 1 amide bonds. The van der Waals surface area contributed by atoms with Crippen LogP contribution in [0.1, 0.15) is 33.0 Å². The third-order valence-corrected chi connectivity index (χ3v) is 4.92. The molecule has 1 aliphatic carbocycles. The van der Waals surface area contributed by atoms with Crippen molar-refractivity contribution in [1.29, 1.82) is 0 Å². The van der Waals surface area contributed by atoms with E-state index in [1.165, 1.54) is 13.3 Å². The van der Waals surface area contributed by atoms with Gasteiger partial charge in [0.1, 0.15) is 5.82 Å². The van der Waals surface area contributed by atoms with Gasteiger partial charge < -0.3 is 5.73 Å². The molecule has 1 aliphatic rings. The van der Waals surface area contributed by atoms with E-state index in [0.717, 1.165) is 6.08 Å². The summed E-state index contributed by atoms with van der Waals surface area (Å²) in [5.74, 6) is -0.0865. The van der Waals surface area contributed by atoms with Crippen molar-refractivity contribution in [3.05, 3.63) is 52.6 Å². The van der Waals surface area contributed by atoms with Crippen molar-refractivity contribution in [2.24, 2.45) is 5.73 Å². The zero-order valence-corrected chi connectivity index (χ0v) is 16.3. The largest absolute Gasteiger partial charge is 0.324 e. The predicted octanol–water partition coefficient (Wildman–Crippen LogP) is 0.281. The van der Waals surface area contributed by atoms with Crippen molar-refractivity contribution in [1.82, 2.24) is 15.3 Å². The Labute approximate surface area is 149 Å². The predicted molar refractivity (Wildman–Crippen MR) is 92.6 cm³/mol. The van der Waals surface area contributed by atoms with Gasteiger partial charge in [-0.2, -0.15) is 0 Å². The molecule has 9 nitrogen and oxygen atoms in total. The second-order valence-electron chi connectivity index (χ2n) is 4.43. The zero-order valence-electron chi connectivity index (χ0n) is 14.4. The third kappa shape index (κ3) is 9.21. The van der Waals surface area contributed by atoms with Gasteiger partial charge in [0.25, 0.3) is 0 Å². The number of allylic oxidation sites excluding steroid dienone is 3. The van der Waals surface area contributed by atoms with Crippen molar-refractivity contribution < 1.29 is 21.8 Å². The van der Waals surface area contributed by atoms with Gasteiger partial charge in [-0.1, -0.05) is 13.8 Å². The molecule has 0 fully saturated rings. The smallest absolute Gasteiger partial charge is 0.141 e. The molecule has 2 rings (SSSR count). The second-order valence-corrected chi connectivity index (χ2v) is 7.85. The fourth-order valence-electron chi connectivity index (χ4n) is 1.59. The monoisotopic (exact) mass is 415 g/mol. The number of nitrogens with two attached hydrogens (primary N) is 1. The number of nitrogens with one attached hydrogen (secondary N) is 1. The Kier molecular flexibility index (Phi) is 10.7. The summed E-state index contributed by atoms with van der Waals surface area (Å²) in [6.45, 7) is 5.72. The van der Waals surface area contributed by atoms with E-state index in [-0.39, 0.29) is 16.7 Å². The first-order valence-corrected chi connectivity index (χ1v) is 10.9. The quantitative estimate of drug-likeness (QED) is 0.440. The van der Waals surface area contributed by atoms with Gasteiger partial charge >= 0.3 is 88.9 Å². The van der Waals surface area contributed by atoms with Crippen LogP contribution >= 0.6 is 0 Å². The van der Waals surface area contributed by atoms with Gasteiger partial charge in [-0.05, 0) is 6.07 Å². The van der Waals surface area contributed by atoms with Crippen LogP contribution < -0.4 is 11.1 Å². The van der Waals surface area contributed by atoms with Gasteiger partial charge in [-0.3, -0.25) is 0 Å². The average Bonchev–Trinajstić information content (AvgIpc) is 2.56. The fraction of sp³-hybridized carbons (Fsp3) is 0.333. The summed E-state index contributed by atoms with van der Waals surface area (Å²) in [7, 11) is 0. The van der Waals surface area contributed by atoms with Crippen LogP contribution in [-0.4, -0.2) is 43.3 Å². The van der Waals surface area contributed by atoms with Crippen LogP contribution in [-0.2, 0) is 15.1 Å². The second kappa shape index (κ2) is 11.6. The molecule has 0 spiro atoms. The summed E-state index contributed by atoms with van der Waals surface area (Å²) in [6.07, 6.45) is 5.86. The summed E-state index contributed by atoms with van der Waals surface area (Å²) < 4.78 is 28.4. The summed E-state index contributed by atoms with van der Waals surface area (Å²) >= 11 is -5.03. The Hall–Kier alpha value is -1.93. The Bertz CT molecular complexity index is 655. The number of carbonyl (C=O) groups is 1. The first-order chi connectivity index (χ1) is 11.7. The van der Waals surface area contributed by atoms with Gasteiger partial charge in [-0.25, -0.2) is 9.97 Å². The number of nitrogens with zero attached hydrogens (tertiary/aromatic N) is 2. The Morgan fingerprint density at radius 2 is 1.88 bits per heavy atom. The third-order valence-electron chi connectivity index (χ3n) is 2.58. The maximum Gasteiger partial charge on any atom is 0.141 e. The Balaban J connectivity index is 0.000000483. The van der Waals surface area contributed by atoms with Gasteiger partial charge in [0.05, 0.1) is 6.54 Å². The molecule has 25 heavy (non-hydrogen) atoms. The van der Waals surface area contributed by atoms with Crippen LogP contribution in [0.25, 0.3) is 0 Å². The fourth-order valence-corrected chi connectivity index (χ4v) is 3.05. The molecule has 10 heteroatoms. The number of aliphatic hydroxyl groups is 1. The van der Waals surface area contributed by atoms with E-state index < -0.39 is 19.9 Å². The number of aromatic nitrogens is 2. The first-order valence-electron chi connectivity index (χ1n) is 7.50. The van der Waals surface area contributed by atoms with Gasteiger partial charge in [-0.15, -0.1) is 0 Å². The molecule has 139 valence electrons. The molecule has 1 heterocycles. The average molecular weight is 415 g/mol. The number of carbonyl (C=O) groups excluding carboxylic acids is 1. The van der Waals surface area contributed by atoms with E-state index >= 15 is 0 Å². The summed E-state index contributed by atoms with van der Waals surface area (Å²) in [5.41, 5.74) is 5.57. The van der Waals surface area contributed by atoms with E-state index in [0.29, 0.717) is 18.1 Å². The molecule has 1 radical (unpaired) electrons. The summed E-state index contributed by atoms with van der Waals surface area (Å²) in [5, 5.41) is 11.8. The van der Waals surface area contributed by atoms with Crippen LogP contribution in [0.2, 0.25) is 0 Å². The van der Waals surface area contributed by atoms with Crippen molar-refractivity contribution in [2.75, 3.05) is 0 Å². The van der Waals surface area contributed by atoms with E-state index in [1.807, 2.05) is 13.8 Å². The van der Waals surface area contributed by atoms with Crippen LogP contribution in [0.5, 0.6) is 0 Å². The Morgan fingerprint density at radius 3 is 2.24 bits per heavy atom. The van der Waals surface area contributed by atoms with Crippen LogP contribution in [0.4, 0.5) is 0 Å². The van der Waals surface area contributed by atoms with Crippen molar-refractivity contribution in [3.8, 4) is 0 Å². The van der Waals surface area contributed by atoms with Crippen molar-refractivity contribution >= 4 is 20.1 Å². The molecular formula is C15H24AsN4O5. The number of aliphatic hydroxyl groups excluding tert-OH is 1. The van der Waals surface area contributed by atoms with E-state index in [2.05, 4.69) is 15.3 Å². The number of hydrogen-bond acceptors (Lipinski definition) is 6. The van der Waals surface area contributed by atoms with Crippen LogP contribution in [0.3, 0.4) is 0 Å². The van der Waals surface area contributed by atoms with Crippen LogP contribution in [0.15, 0.2) is 40.4 Å². The van der Waals surface area contributed by atoms with E-state index in [1.54, 1.807) is 18.5 Å². The zero-order chi connectivity index (χ0) is 19.5. The summed E-state index contributed by atoms with van der Waals surface area (Å²) in [6, 6.07) is 1.76. The number of hydrogen-bond donors (Lipinski definition) is 5. The van der Waals surface area contributed by atoms with Gasteiger partial charge in [0.2, 0.25) is 0 Å². The van der Waals surface area contributed by atoms with Crippen LogP contribution in [0, 0.1) is 6.42 Å². The van der Waals surface area contributed by atoms with E-state index in [9.17, 15) is 13.6 Å². The van der Waals surface area contributed by atoms with Gasteiger partial charge in [0.15, 0.2) is 0 Å². The minimum Gasteiger partial charge on any atom is -0.324 e. The summed E-state index contributed by atoms with van der Waals surface area (Å²) in [4.78, 5) is 18.4. The normalized spacial score (nSPS) is 13.6. The number of amides is 1. The SMILES string of the molecule is CC.CC(=O)NC1=CC(O)=C([As](=O)(O)O)C[CH]1.NCc1ncccn1. The Morgan fingerprint density at radius 1 is 1.32 bits per heavy atom. The first kappa shape index (κ1) is 23.1. The molecule has 1 aromatic rings. The molecule has 6 N–H and O–H groups in total. The maximum atomic E-state index is 10.9. The molecule has 0 aliphatic heterocycles. The minimum absolute atomic E-state index is 0.0541. The molecule has 0 bridgehead atoms. The van der Waals surface area contributed by atoms with Crippen molar-refractivity contribution in [2.45, 2.75) is 33.7 Å². The molecular weight excluding hydrogens is 391 g/mol. The molecule has 0 saturated heterocycles. The van der Waals surface area contributed by atoms with E-state index in [4.69, 9.17) is 13.9 Å². The minimum atomic E-state index is -5.03. The van der Waals surface area contributed by atoms with Gasteiger partial charge in [0, 0.05) is 12.4 Å². The molecule has 0 unspecified atom stereocenters.